The van der Waals surface area contributed by atoms with Gasteiger partial charge in [0.2, 0.25) is 0 Å². The Morgan fingerprint density at radius 3 is 3.25 bits per heavy atom. The number of nitrogens with zero attached hydrogens (tertiary/aromatic N) is 3. The highest BCUT2D eigenvalue weighted by molar-refractivity contribution is 5.92. The number of carbonyl (C=O) groups is 1. The lowest BCUT2D eigenvalue weighted by atomic mass is 10.3. The molecular formula is C10H13FN4O. The van der Waals surface area contributed by atoms with Crippen LogP contribution >= 0.6 is 0 Å². The minimum atomic E-state index is -0.551. The number of hydrogen-bond acceptors (Lipinski definition) is 3. The predicted molar refractivity (Wildman–Crippen MR) is 57.0 cm³/mol. The fourth-order valence-electron chi connectivity index (χ4n) is 1.62. The molecule has 0 aromatic carbocycles. The van der Waals surface area contributed by atoms with E-state index in [0.717, 1.165) is 0 Å². The number of nitrogens with one attached hydrogen (secondary N) is 1. The normalized spacial score (nSPS) is 14.4. The molecule has 1 amide bonds. The van der Waals surface area contributed by atoms with Gasteiger partial charge in [-0.1, -0.05) is 0 Å². The second-order valence-corrected chi connectivity index (χ2v) is 3.50. The molecule has 0 unspecified atom stereocenters. The van der Waals surface area contributed by atoms with Crippen LogP contribution in [0.5, 0.6) is 0 Å². The summed E-state index contributed by atoms with van der Waals surface area (Å²) in [6, 6.07) is 0. The lowest BCUT2D eigenvalue weighted by Gasteiger charge is -1.98. The first-order valence-electron chi connectivity index (χ1n) is 5.25. The average molecular weight is 224 g/mol. The van der Waals surface area contributed by atoms with Crippen LogP contribution in [0.2, 0.25) is 0 Å². The monoisotopic (exact) mass is 224 g/mol. The van der Waals surface area contributed by atoms with Crippen LogP contribution in [0.1, 0.15) is 29.5 Å². The summed E-state index contributed by atoms with van der Waals surface area (Å²) in [5.41, 5.74) is 0.254. The van der Waals surface area contributed by atoms with E-state index in [2.05, 4.69) is 15.4 Å². The zero-order valence-corrected chi connectivity index (χ0v) is 9.03. The lowest BCUT2D eigenvalue weighted by Crippen LogP contribution is -2.24. The van der Waals surface area contributed by atoms with E-state index in [9.17, 15) is 9.18 Å². The summed E-state index contributed by atoms with van der Waals surface area (Å²) in [7, 11) is 0. The molecular weight excluding hydrogens is 211 g/mol. The van der Waals surface area contributed by atoms with Gasteiger partial charge in [-0.3, -0.25) is 14.5 Å². The standard InChI is InChI=1S/C10H13FN4O/c1-2-13-10(16)9-8(11)7-6-12-4-3-5-15(7)14-9/h4H,2-3,5-6H2,1H3,(H,13,16). The number of aryl methyl sites for hydroxylation is 1. The van der Waals surface area contributed by atoms with E-state index in [-0.39, 0.29) is 12.2 Å². The molecule has 0 fully saturated rings. The number of fused-ring (bicyclic) bond motifs is 1. The van der Waals surface area contributed by atoms with Crippen LogP contribution < -0.4 is 5.32 Å². The number of rotatable bonds is 2. The van der Waals surface area contributed by atoms with Gasteiger partial charge in [0.25, 0.3) is 5.91 Å². The zero-order valence-electron chi connectivity index (χ0n) is 9.03. The first-order valence-corrected chi connectivity index (χ1v) is 5.25. The Morgan fingerprint density at radius 1 is 1.69 bits per heavy atom. The Hall–Kier alpha value is -1.72. The Morgan fingerprint density at radius 2 is 2.50 bits per heavy atom. The van der Waals surface area contributed by atoms with Gasteiger partial charge in [0, 0.05) is 25.7 Å². The molecule has 2 heterocycles. The van der Waals surface area contributed by atoms with Gasteiger partial charge in [-0.15, -0.1) is 0 Å². The summed E-state index contributed by atoms with van der Waals surface area (Å²) in [4.78, 5) is 15.5. The minimum Gasteiger partial charge on any atom is -0.351 e. The van der Waals surface area contributed by atoms with Crippen molar-refractivity contribution in [3.8, 4) is 0 Å². The second-order valence-electron chi connectivity index (χ2n) is 3.50. The molecule has 0 atom stereocenters. The Labute approximate surface area is 92.4 Å². The Balaban J connectivity index is 2.35. The van der Waals surface area contributed by atoms with Crippen LogP contribution in [-0.4, -0.2) is 28.4 Å². The minimum absolute atomic E-state index is 0.131. The molecule has 0 bridgehead atoms. The fourth-order valence-corrected chi connectivity index (χ4v) is 1.62. The van der Waals surface area contributed by atoms with Crippen molar-refractivity contribution in [2.24, 2.45) is 4.99 Å². The molecule has 6 heteroatoms. The van der Waals surface area contributed by atoms with Gasteiger partial charge in [0.05, 0.1) is 12.2 Å². The number of amides is 1. The highest BCUT2D eigenvalue weighted by atomic mass is 19.1. The largest absolute Gasteiger partial charge is 0.351 e. The van der Waals surface area contributed by atoms with Gasteiger partial charge >= 0.3 is 0 Å². The van der Waals surface area contributed by atoms with Gasteiger partial charge in [0.1, 0.15) is 0 Å². The number of aromatic nitrogens is 2. The van der Waals surface area contributed by atoms with Crippen molar-refractivity contribution in [1.29, 1.82) is 0 Å². The molecule has 2 rings (SSSR count). The zero-order chi connectivity index (χ0) is 11.5. The number of halogens is 1. The first kappa shape index (κ1) is 10.8. The molecule has 5 nitrogen and oxygen atoms in total. The SMILES string of the molecule is CCNC(=O)c1nn2c(c1F)CN=CCC2. The molecule has 1 N–H and O–H groups in total. The maximum absolute atomic E-state index is 13.9. The summed E-state index contributed by atoms with van der Waals surface area (Å²) in [6.07, 6.45) is 2.46. The van der Waals surface area contributed by atoms with Crippen LogP contribution in [0.3, 0.4) is 0 Å². The highest BCUT2D eigenvalue weighted by Gasteiger charge is 2.22. The van der Waals surface area contributed by atoms with Gasteiger partial charge in [0.15, 0.2) is 11.5 Å². The van der Waals surface area contributed by atoms with Gasteiger partial charge in [-0.25, -0.2) is 4.39 Å². The van der Waals surface area contributed by atoms with Crippen molar-refractivity contribution in [2.45, 2.75) is 26.4 Å². The summed E-state index contributed by atoms with van der Waals surface area (Å²) in [5.74, 6) is -1.02. The van der Waals surface area contributed by atoms with Crippen LogP contribution in [0, 0.1) is 5.82 Å². The molecule has 0 radical (unpaired) electrons. The van der Waals surface area contributed by atoms with Crippen molar-refractivity contribution in [2.75, 3.05) is 6.54 Å². The lowest BCUT2D eigenvalue weighted by molar-refractivity contribution is 0.0946. The van der Waals surface area contributed by atoms with Crippen molar-refractivity contribution in [1.82, 2.24) is 15.1 Å². The van der Waals surface area contributed by atoms with Crippen LogP contribution in [-0.2, 0) is 13.1 Å². The maximum atomic E-state index is 13.9. The molecule has 1 aromatic rings. The molecule has 0 spiro atoms. The van der Waals surface area contributed by atoms with Gasteiger partial charge in [-0.2, -0.15) is 5.10 Å². The second kappa shape index (κ2) is 4.42. The van der Waals surface area contributed by atoms with Crippen molar-refractivity contribution in [3.63, 3.8) is 0 Å². The van der Waals surface area contributed by atoms with E-state index in [1.165, 1.54) is 4.68 Å². The molecule has 16 heavy (non-hydrogen) atoms. The third-order valence-electron chi connectivity index (χ3n) is 2.39. The van der Waals surface area contributed by atoms with Crippen molar-refractivity contribution < 1.29 is 9.18 Å². The topological polar surface area (TPSA) is 59.3 Å². The number of carbonyl (C=O) groups excluding carboxylic acids is 1. The predicted octanol–water partition coefficient (Wildman–Crippen LogP) is 0.746. The maximum Gasteiger partial charge on any atom is 0.274 e. The Kier molecular flexibility index (Phi) is 2.98. The van der Waals surface area contributed by atoms with E-state index in [0.29, 0.717) is 25.2 Å². The summed E-state index contributed by atoms with van der Waals surface area (Å²) in [6.45, 7) is 3.05. The van der Waals surface area contributed by atoms with E-state index < -0.39 is 11.7 Å². The molecule has 1 aromatic heterocycles. The van der Waals surface area contributed by atoms with E-state index in [1.54, 1.807) is 13.1 Å². The van der Waals surface area contributed by atoms with Crippen LogP contribution in [0.15, 0.2) is 4.99 Å². The summed E-state index contributed by atoms with van der Waals surface area (Å²) in [5, 5.41) is 6.51. The van der Waals surface area contributed by atoms with E-state index in [1.807, 2.05) is 0 Å². The van der Waals surface area contributed by atoms with E-state index >= 15 is 0 Å². The van der Waals surface area contributed by atoms with E-state index in [4.69, 9.17) is 0 Å². The summed E-state index contributed by atoms with van der Waals surface area (Å²) < 4.78 is 15.4. The molecule has 0 saturated heterocycles. The fraction of sp³-hybridized carbons (Fsp3) is 0.500. The first-order chi connectivity index (χ1) is 7.74. The number of aliphatic imine (C=N–C) groups is 1. The van der Waals surface area contributed by atoms with Crippen LogP contribution in [0.25, 0.3) is 0 Å². The third kappa shape index (κ3) is 1.82. The highest BCUT2D eigenvalue weighted by Crippen LogP contribution is 2.15. The molecule has 0 saturated carbocycles. The smallest absolute Gasteiger partial charge is 0.274 e. The van der Waals surface area contributed by atoms with Crippen LogP contribution in [0.4, 0.5) is 4.39 Å². The van der Waals surface area contributed by atoms with Crippen molar-refractivity contribution >= 4 is 12.1 Å². The molecule has 0 aliphatic carbocycles. The molecule has 1 aliphatic rings. The molecule has 1 aliphatic heterocycles. The van der Waals surface area contributed by atoms with Gasteiger partial charge in [-0.05, 0) is 6.92 Å². The van der Waals surface area contributed by atoms with Gasteiger partial charge < -0.3 is 5.32 Å². The third-order valence-corrected chi connectivity index (χ3v) is 2.39. The summed E-state index contributed by atoms with van der Waals surface area (Å²) >= 11 is 0. The average Bonchev–Trinajstić information content (AvgIpc) is 2.47. The molecule has 86 valence electrons. The Bertz CT molecular complexity index is 438. The van der Waals surface area contributed by atoms with Crippen molar-refractivity contribution in [3.05, 3.63) is 17.2 Å². The number of hydrogen-bond donors (Lipinski definition) is 1. The quantitative estimate of drug-likeness (QED) is 0.805.